The van der Waals surface area contributed by atoms with E-state index in [1.54, 1.807) is 0 Å². The normalized spacial score (nSPS) is 20.3. The van der Waals surface area contributed by atoms with Gasteiger partial charge in [-0.1, -0.05) is 44.2 Å². The Morgan fingerprint density at radius 1 is 1.15 bits per heavy atom. The molecule has 1 heterocycles. The smallest absolute Gasteiger partial charge is 0.241 e. The Morgan fingerprint density at radius 2 is 1.81 bits per heavy atom. The lowest BCUT2D eigenvalue weighted by Crippen LogP contribution is -2.48. The van der Waals surface area contributed by atoms with Crippen LogP contribution < -0.4 is 10.6 Å². The van der Waals surface area contributed by atoms with Gasteiger partial charge in [0.2, 0.25) is 5.91 Å². The first kappa shape index (κ1) is 22.7. The van der Waals surface area contributed by atoms with Gasteiger partial charge in [0, 0.05) is 26.2 Å². The van der Waals surface area contributed by atoms with E-state index in [9.17, 15) is 4.79 Å². The van der Waals surface area contributed by atoms with Crippen LogP contribution in [0.3, 0.4) is 0 Å². The van der Waals surface area contributed by atoms with E-state index in [2.05, 4.69) is 53.4 Å². The molecule has 1 saturated heterocycles. The second-order valence-electron chi connectivity index (χ2n) is 7.11. The van der Waals surface area contributed by atoms with Gasteiger partial charge in [0.15, 0.2) is 5.96 Å². The minimum Gasteiger partial charge on any atom is -0.357 e. The Labute approximate surface area is 175 Å². The van der Waals surface area contributed by atoms with E-state index in [4.69, 9.17) is 0 Å². The monoisotopic (exact) mass is 472 g/mol. The summed E-state index contributed by atoms with van der Waals surface area (Å²) < 4.78 is 0. The van der Waals surface area contributed by atoms with E-state index in [0.717, 1.165) is 32.0 Å². The summed E-state index contributed by atoms with van der Waals surface area (Å²) in [5.74, 6) is 2.16. The summed E-state index contributed by atoms with van der Waals surface area (Å²) >= 11 is 0. The van der Waals surface area contributed by atoms with Crippen LogP contribution in [0.4, 0.5) is 0 Å². The quantitative estimate of drug-likeness (QED) is 0.381. The van der Waals surface area contributed by atoms with E-state index in [1.165, 1.54) is 12.0 Å². The highest BCUT2D eigenvalue weighted by atomic mass is 127. The Bertz CT molecular complexity index is 554. The molecule has 1 aliphatic heterocycles. The predicted octanol–water partition coefficient (Wildman–Crippen LogP) is 2.91. The lowest BCUT2D eigenvalue weighted by molar-refractivity contribution is -0.119. The second kappa shape index (κ2) is 12.1. The van der Waals surface area contributed by atoms with E-state index < -0.39 is 0 Å². The average Bonchev–Trinajstić information content (AvgIpc) is 2.58. The molecule has 1 aromatic carbocycles. The minimum atomic E-state index is -0.0237. The van der Waals surface area contributed by atoms with Crippen molar-refractivity contribution >= 4 is 35.8 Å². The molecule has 2 N–H and O–H groups in total. The van der Waals surface area contributed by atoms with Crippen LogP contribution in [-0.4, -0.2) is 49.5 Å². The lowest BCUT2D eigenvalue weighted by Gasteiger charge is -2.37. The highest BCUT2D eigenvalue weighted by molar-refractivity contribution is 14.0. The maximum atomic E-state index is 12.1. The fourth-order valence-corrected chi connectivity index (χ4v) is 3.46. The number of nitrogens with one attached hydrogen (secondary N) is 2. The van der Waals surface area contributed by atoms with Crippen molar-refractivity contribution in [2.75, 3.05) is 32.7 Å². The number of amides is 1. The molecule has 1 fully saturated rings. The SMILES string of the molecule is CCNC(=NCC(=O)NCCc1ccccc1)N1CC(C)CC(C)C1.I. The van der Waals surface area contributed by atoms with E-state index in [-0.39, 0.29) is 36.4 Å². The fraction of sp³-hybridized carbons (Fsp3) is 0.600. The van der Waals surface area contributed by atoms with Gasteiger partial charge in [0.05, 0.1) is 0 Å². The highest BCUT2D eigenvalue weighted by Gasteiger charge is 2.24. The third-order valence-corrected chi connectivity index (χ3v) is 4.45. The molecule has 5 nitrogen and oxygen atoms in total. The first-order valence-electron chi connectivity index (χ1n) is 9.42. The van der Waals surface area contributed by atoms with Crippen molar-refractivity contribution in [2.45, 2.75) is 33.6 Å². The molecule has 26 heavy (non-hydrogen) atoms. The van der Waals surface area contributed by atoms with Crippen molar-refractivity contribution in [1.82, 2.24) is 15.5 Å². The van der Waals surface area contributed by atoms with Gasteiger partial charge in [-0.3, -0.25) is 4.79 Å². The summed E-state index contributed by atoms with van der Waals surface area (Å²) in [4.78, 5) is 18.9. The number of nitrogens with zero attached hydrogens (tertiary/aromatic N) is 2. The largest absolute Gasteiger partial charge is 0.357 e. The van der Waals surface area contributed by atoms with E-state index in [0.29, 0.717) is 18.4 Å². The molecular weight excluding hydrogens is 439 g/mol. The fourth-order valence-electron chi connectivity index (χ4n) is 3.46. The standard InChI is InChI=1S/C20H32N4O.HI/c1-4-21-20(24-14-16(2)12-17(3)15-24)23-13-19(25)22-11-10-18-8-6-5-7-9-18;/h5-9,16-17H,4,10-15H2,1-3H3,(H,21,23)(H,22,25);1H. The number of halogens is 1. The molecule has 0 saturated carbocycles. The van der Waals surface area contributed by atoms with Gasteiger partial charge in [-0.2, -0.15) is 0 Å². The summed E-state index contributed by atoms with van der Waals surface area (Å²) in [6, 6.07) is 10.2. The van der Waals surface area contributed by atoms with Gasteiger partial charge < -0.3 is 15.5 Å². The first-order chi connectivity index (χ1) is 12.1. The zero-order valence-electron chi connectivity index (χ0n) is 16.2. The summed E-state index contributed by atoms with van der Waals surface area (Å²) in [6.45, 7) is 10.3. The van der Waals surface area contributed by atoms with Crippen molar-refractivity contribution in [2.24, 2.45) is 16.8 Å². The molecule has 6 heteroatoms. The van der Waals surface area contributed by atoms with Crippen molar-refractivity contribution in [3.63, 3.8) is 0 Å². The molecule has 0 bridgehead atoms. The second-order valence-corrected chi connectivity index (χ2v) is 7.11. The summed E-state index contributed by atoms with van der Waals surface area (Å²) in [5.41, 5.74) is 1.23. The molecule has 1 aliphatic rings. The Balaban J connectivity index is 0.00000338. The van der Waals surface area contributed by atoms with Gasteiger partial charge in [0.1, 0.15) is 6.54 Å². The molecule has 0 radical (unpaired) electrons. The number of aliphatic imine (C=N–C) groups is 1. The molecule has 2 unspecified atom stereocenters. The number of likely N-dealkylation sites (tertiary alicyclic amines) is 1. The molecule has 1 amide bonds. The van der Waals surface area contributed by atoms with Crippen LogP contribution >= 0.6 is 24.0 Å². The topological polar surface area (TPSA) is 56.7 Å². The molecule has 0 spiro atoms. The summed E-state index contributed by atoms with van der Waals surface area (Å²) in [7, 11) is 0. The Hall–Kier alpha value is -1.31. The van der Waals surface area contributed by atoms with Crippen LogP contribution in [0, 0.1) is 11.8 Å². The summed E-state index contributed by atoms with van der Waals surface area (Å²) in [5, 5.41) is 6.28. The van der Waals surface area contributed by atoms with E-state index >= 15 is 0 Å². The minimum absolute atomic E-state index is 0. The third-order valence-electron chi connectivity index (χ3n) is 4.45. The number of carbonyl (C=O) groups is 1. The highest BCUT2D eigenvalue weighted by Crippen LogP contribution is 2.20. The number of hydrogen-bond donors (Lipinski definition) is 2. The molecule has 1 aromatic rings. The third kappa shape index (κ3) is 7.93. The van der Waals surface area contributed by atoms with Crippen molar-refractivity contribution in [3.05, 3.63) is 35.9 Å². The van der Waals surface area contributed by atoms with Crippen molar-refractivity contribution < 1.29 is 4.79 Å². The Morgan fingerprint density at radius 3 is 2.42 bits per heavy atom. The number of rotatable bonds is 6. The van der Waals surface area contributed by atoms with Gasteiger partial charge >= 0.3 is 0 Å². The molecule has 0 aromatic heterocycles. The van der Waals surface area contributed by atoms with Crippen LogP contribution in [0.1, 0.15) is 32.8 Å². The van der Waals surface area contributed by atoms with Gasteiger partial charge in [-0.15, -0.1) is 24.0 Å². The number of carbonyl (C=O) groups excluding carboxylic acids is 1. The number of hydrogen-bond acceptors (Lipinski definition) is 2. The zero-order chi connectivity index (χ0) is 18.1. The maximum absolute atomic E-state index is 12.1. The molecule has 0 aliphatic carbocycles. The summed E-state index contributed by atoms with van der Waals surface area (Å²) in [6.07, 6.45) is 2.10. The number of benzene rings is 1. The van der Waals surface area contributed by atoms with E-state index in [1.807, 2.05) is 18.2 Å². The van der Waals surface area contributed by atoms with Crippen molar-refractivity contribution in [3.8, 4) is 0 Å². The molecule has 2 atom stereocenters. The predicted molar refractivity (Wildman–Crippen MR) is 119 cm³/mol. The van der Waals surface area contributed by atoms with Gasteiger partial charge in [-0.25, -0.2) is 4.99 Å². The van der Waals surface area contributed by atoms with Gasteiger partial charge in [0.25, 0.3) is 0 Å². The number of piperidine rings is 1. The zero-order valence-corrected chi connectivity index (χ0v) is 18.5. The van der Waals surface area contributed by atoms with Crippen molar-refractivity contribution in [1.29, 1.82) is 0 Å². The van der Waals surface area contributed by atoms with Gasteiger partial charge in [-0.05, 0) is 37.2 Å². The molecule has 2 rings (SSSR count). The van der Waals surface area contributed by atoms with Crippen LogP contribution in [0.2, 0.25) is 0 Å². The average molecular weight is 472 g/mol. The molecular formula is C20H33IN4O. The van der Waals surface area contributed by atoms with Crippen LogP contribution in [0.15, 0.2) is 35.3 Å². The van der Waals surface area contributed by atoms with Crippen LogP contribution in [0.5, 0.6) is 0 Å². The van der Waals surface area contributed by atoms with Crippen LogP contribution in [0.25, 0.3) is 0 Å². The first-order valence-corrected chi connectivity index (χ1v) is 9.42. The Kier molecular flexibility index (Phi) is 10.6. The maximum Gasteiger partial charge on any atom is 0.241 e. The lowest BCUT2D eigenvalue weighted by atomic mass is 9.92. The van der Waals surface area contributed by atoms with Crippen LogP contribution in [-0.2, 0) is 11.2 Å². The molecule has 146 valence electrons. The number of guanidine groups is 1.